The zero-order valence-electron chi connectivity index (χ0n) is 24.8. The van der Waals surface area contributed by atoms with Gasteiger partial charge in [-0.25, -0.2) is 23.4 Å². The summed E-state index contributed by atoms with van der Waals surface area (Å²) in [5.74, 6) is -1.45. The van der Waals surface area contributed by atoms with E-state index >= 15 is 0 Å². The maximum Gasteiger partial charge on any atom is 0.159 e. The Kier molecular flexibility index (Phi) is 9.66. The van der Waals surface area contributed by atoms with Gasteiger partial charge in [-0.2, -0.15) is 10.2 Å². The fourth-order valence-electron chi connectivity index (χ4n) is 5.37. The molecule has 4 aromatic rings. The number of hydrogen-bond donors (Lipinski definition) is 0. The second-order valence-electron chi connectivity index (χ2n) is 11.1. The molecule has 3 heterocycles. The van der Waals surface area contributed by atoms with Crippen molar-refractivity contribution in [2.75, 3.05) is 40.9 Å². The fraction of sp³-hybridized carbons (Fsp3) is 0.375. The van der Waals surface area contributed by atoms with Crippen molar-refractivity contribution in [2.24, 2.45) is 5.92 Å². The summed E-state index contributed by atoms with van der Waals surface area (Å²) in [4.78, 5) is 30.8. The molecule has 1 aliphatic heterocycles. The van der Waals surface area contributed by atoms with Crippen LogP contribution in [0.1, 0.15) is 35.2 Å². The Labute approximate surface area is 250 Å². The lowest BCUT2D eigenvalue weighted by atomic mass is 9.90. The molecule has 1 aliphatic rings. The number of benzene rings is 2. The van der Waals surface area contributed by atoms with E-state index in [-0.39, 0.29) is 24.5 Å². The summed E-state index contributed by atoms with van der Waals surface area (Å²) in [5.41, 5.74) is 4.42. The van der Waals surface area contributed by atoms with Crippen LogP contribution in [0.5, 0.6) is 0 Å². The van der Waals surface area contributed by atoms with Gasteiger partial charge in [0.1, 0.15) is 17.7 Å². The molecule has 226 valence electrons. The van der Waals surface area contributed by atoms with Crippen molar-refractivity contribution >= 4 is 5.78 Å². The first-order valence-corrected chi connectivity index (χ1v) is 14.2. The summed E-state index contributed by atoms with van der Waals surface area (Å²) < 4.78 is 34.8. The highest BCUT2D eigenvalue weighted by molar-refractivity contribution is 5.82. The van der Waals surface area contributed by atoms with E-state index in [9.17, 15) is 13.6 Å². The van der Waals surface area contributed by atoms with E-state index in [1.54, 1.807) is 29.2 Å². The van der Waals surface area contributed by atoms with Gasteiger partial charge in [0.2, 0.25) is 0 Å². The van der Waals surface area contributed by atoms with Crippen molar-refractivity contribution < 1.29 is 23.1 Å². The van der Waals surface area contributed by atoms with E-state index in [0.29, 0.717) is 43.3 Å². The number of carbonyl (C=O) groups excluding carboxylic acids is 1. The number of methoxy groups -OCH3 is 1. The predicted molar refractivity (Wildman–Crippen MR) is 157 cm³/mol. The van der Waals surface area contributed by atoms with E-state index in [1.165, 1.54) is 6.07 Å². The van der Waals surface area contributed by atoms with Crippen LogP contribution < -0.4 is 0 Å². The minimum absolute atomic E-state index is 0.0147. The average molecular weight is 591 g/mol. The van der Waals surface area contributed by atoms with Crippen LogP contribution in [0.25, 0.3) is 16.9 Å². The molecule has 1 fully saturated rings. The number of rotatable bonds is 12. The quantitative estimate of drug-likeness (QED) is 0.234. The molecule has 0 amide bonds. The second-order valence-corrected chi connectivity index (χ2v) is 11.1. The maximum atomic E-state index is 14.1. The molecule has 0 N–H and O–H groups in total. The topological polar surface area (TPSA) is 85.6 Å². The zero-order valence-corrected chi connectivity index (χ0v) is 24.8. The Bertz CT molecular complexity index is 1540. The van der Waals surface area contributed by atoms with Crippen molar-refractivity contribution in [3.63, 3.8) is 0 Å². The van der Waals surface area contributed by atoms with Gasteiger partial charge in [-0.1, -0.05) is 24.3 Å². The Balaban J connectivity index is 1.42. The van der Waals surface area contributed by atoms with Crippen LogP contribution in [-0.2, 0) is 27.3 Å². The molecular formula is C32H36F2N6O3. The van der Waals surface area contributed by atoms with Gasteiger partial charge in [0, 0.05) is 56.9 Å². The molecule has 2 atom stereocenters. The molecule has 0 spiro atoms. The summed E-state index contributed by atoms with van der Waals surface area (Å²) in [6, 6.07) is 13.4. The summed E-state index contributed by atoms with van der Waals surface area (Å²) in [5, 5.41) is 6.63. The monoisotopic (exact) mass is 590 g/mol. The average Bonchev–Trinajstić information content (AvgIpc) is 3.54. The molecule has 1 saturated heterocycles. The van der Waals surface area contributed by atoms with Crippen molar-refractivity contribution in [3.8, 4) is 16.9 Å². The molecule has 2 aromatic heterocycles. The minimum Gasteiger partial charge on any atom is -0.383 e. The summed E-state index contributed by atoms with van der Waals surface area (Å²) in [6.45, 7) is 3.95. The van der Waals surface area contributed by atoms with E-state index in [4.69, 9.17) is 14.7 Å². The molecule has 2 aromatic carbocycles. The SMILES string of the molecule is COCCN1C[C@@H](CC(=O)Cc2c(C)c(-c3cnc(CN(C)C)nc3)nn2-c2ccccc2)[C@H](c2ccc(F)c(F)c2)O1. The third kappa shape index (κ3) is 7.19. The lowest BCUT2D eigenvalue weighted by Gasteiger charge is -2.18. The van der Waals surface area contributed by atoms with Gasteiger partial charge in [-0.15, -0.1) is 0 Å². The smallest absolute Gasteiger partial charge is 0.159 e. The fourth-order valence-corrected chi connectivity index (χ4v) is 5.37. The number of para-hydroxylation sites is 1. The first kappa shape index (κ1) is 30.6. The number of aromatic nitrogens is 4. The largest absolute Gasteiger partial charge is 0.383 e. The standard InChI is InChI=1S/C32H36F2N6O3/c1-21-29(40(25-8-6-5-7-9-25)37-31(21)24-17-35-30(36-18-24)20-38(2)3)16-26(41)14-23-19-39(12-13-42-4)43-32(23)22-10-11-27(33)28(34)15-22/h5-11,15,17-18,23,32H,12-14,16,19-20H2,1-4H3/t23-,32+/m1/s1. The minimum atomic E-state index is -0.949. The van der Waals surface area contributed by atoms with Crippen molar-refractivity contribution in [3.05, 3.63) is 95.2 Å². The van der Waals surface area contributed by atoms with E-state index in [0.717, 1.165) is 34.6 Å². The molecule has 9 nitrogen and oxygen atoms in total. The number of ketones is 1. The molecule has 43 heavy (non-hydrogen) atoms. The third-order valence-electron chi connectivity index (χ3n) is 7.48. The van der Waals surface area contributed by atoms with Crippen LogP contribution in [0.4, 0.5) is 8.78 Å². The number of hydrogen-bond acceptors (Lipinski definition) is 8. The van der Waals surface area contributed by atoms with Crippen molar-refractivity contribution in [2.45, 2.75) is 32.4 Å². The Hall–Kier alpha value is -3.90. The molecule has 0 saturated carbocycles. The van der Waals surface area contributed by atoms with Crippen molar-refractivity contribution in [1.29, 1.82) is 0 Å². The number of Topliss-reactive ketones (excluding diaryl/α,β-unsaturated/α-hetero) is 1. The lowest BCUT2D eigenvalue weighted by molar-refractivity contribution is -0.155. The van der Waals surface area contributed by atoms with Gasteiger partial charge in [0.15, 0.2) is 11.6 Å². The van der Waals surface area contributed by atoms with Crippen LogP contribution in [0, 0.1) is 24.5 Å². The van der Waals surface area contributed by atoms with Gasteiger partial charge in [0.25, 0.3) is 0 Å². The van der Waals surface area contributed by atoms with Gasteiger partial charge >= 0.3 is 0 Å². The highest BCUT2D eigenvalue weighted by atomic mass is 19.2. The van der Waals surface area contributed by atoms with Crippen LogP contribution in [0.3, 0.4) is 0 Å². The normalized spacial score (nSPS) is 17.2. The molecule has 0 radical (unpaired) electrons. The maximum absolute atomic E-state index is 14.1. The van der Waals surface area contributed by atoms with E-state index in [2.05, 4.69) is 9.97 Å². The summed E-state index contributed by atoms with van der Waals surface area (Å²) in [6.07, 6.45) is 3.25. The summed E-state index contributed by atoms with van der Waals surface area (Å²) in [7, 11) is 5.52. The highest BCUT2D eigenvalue weighted by Crippen LogP contribution is 2.37. The van der Waals surface area contributed by atoms with Gasteiger partial charge in [-0.05, 0) is 56.4 Å². The highest BCUT2D eigenvalue weighted by Gasteiger charge is 2.37. The van der Waals surface area contributed by atoms with Crippen LogP contribution in [0.2, 0.25) is 0 Å². The Morgan fingerprint density at radius 2 is 1.84 bits per heavy atom. The van der Waals surface area contributed by atoms with Gasteiger partial charge < -0.3 is 9.64 Å². The zero-order chi connectivity index (χ0) is 30.5. The summed E-state index contributed by atoms with van der Waals surface area (Å²) >= 11 is 0. The number of halogens is 2. The Morgan fingerprint density at radius 1 is 1.09 bits per heavy atom. The Morgan fingerprint density at radius 3 is 2.51 bits per heavy atom. The number of carbonyl (C=O) groups is 1. The molecule has 0 unspecified atom stereocenters. The van der Waals surface area contributed by atoms with Gasteiger partial charge in [0.05, 0.1) is 30.2 Å². The van der Waals surface area contributed by atoms with E-state index in [1.807, 2.05) is 56.3 Å². The second kappa shape index (κ2) is 13.6. The van der Waals surface area contributed by atoms with Crippen molar-refractivity contribution in [1.82, 2.24) is 29.7 Å². The molecular weight excluding hydrogens is 554 g/mol. The third-order valence-corrected chi connectivity index (χ3v) is 7.48. The van der Waals surface area contributed by atoms with Crippen LogP contribution in [0.15, 0.2) is 60.9 Å². The molecule has 11 heteroatoms. The molecule has 0 bridgehead atoms. The number of nitrogens with zero attached hydrogens (tertiary/aromatic N) is 6. The van der Waals surface area contributed by atoms with Gasteiger partial charge in [-0.3, -0.25) is 9.63 Å². The number of hydroxylamine groups is 2. The first-order valence-electron chi connectivity index (χ1n) is 14.2. The first-order chi connectivity index (χ1) is 20.7. The van der Waals surface area contributed by atoms with Crippen LogP contribution in [-0.4, -0.2) is 76.4 Å². The molecule has 5 rings (SSSR count). The van der Waals surface area contributed by atoms with E-state index < -0.39 is 17.7 Å². The lowest BCUT2D eigenvalue weighted by Crippen LogP contribution is -2.24. The predicted octanol–water partition coefficient (Wildman–Crippen LogP) is 4.73. The molecule has 0 aliphatic carbocycles. The number of ether oxygens (including phenoxy) is 1. The van der Waals surface area contributed by atoms with Crippen LogP contribution >= 0.6 is 0 Å².